The molecule has 2 saturated heterocycles. The molecule has 29 heavy (non-hydrogen) atoms. The number of anilines is 1. The number of amides is 1. The molecule has 5 rings (SSSR count). The van der Waals surface area contributed by atoms with Crippen molar-refractivity contribution >= 4 is 38.4 Å². The molecule has 0 N–H and O–H groups in total. The molecule has 0 spiro atoms. The topological polar surface area (TPSA) is 85.3 Å². The van der Waals surface area contributed by atoms with Crippen molar-refractivity contribution in [3.63, 3.8) is 0 Å². The Morgan fingerprint density at radius 2 is 1.97 bits per heavy atom. The van der Waals surface area contributed by atoms with Crippen molar-refractivity contribution in [2.24, 2.45) is 10.9 Å². The summed E-state index contributed by atoms with van der Waals surface area (Å²) in [5.74, 6) is 2.02. The van der Waals surface area contributed by atoms with E-state index in [1.807, 2.05) is 23.1 Å². The fourth-order valence-corrected chi connectivity index (χ4v) is 8.62. The van der Waals surface area contributed by atoms with Crippen molar-refractivity contribution < 1.29 is 22.7 Å². The SMILES string of the molecule is O=C(CCC1CCCC1)N=C1S[C@H]2CS(=O)(=O)C[C@@H]2N1c1ccc2c(c1)OCO2. The van der Waals surface area contributed by atoms with Crippen LogP contribution in [0.25, 0.3) is 0 Å². The van der Waals surface area contributed by atoms with E-state index in [4.69, 9.17) is 9.47 Å². The zero-order chi connectivity index (χ0) is 20.0. The summed E-state index contributed by atoms with van der Waals surface area (Å²) in [7, 11) is -3.09. The van der Waals surface area contributed by atoms with Crippen LogP contribution in [0, 0.1) is 5.92 Å². The molecule has 1 aromatic rings. The maximum Gasteiger partial charge on any atom is 0.248 e. The Morgan fingerprint density at radius 3 is 2.79 bits per heavy atom. The molecule has 1 amide bonds. The standard InChI is InChI=1S/C20H24N2O5S2/c23-19(8-5-13-3-1-2-4-13)21-20-22(15-10-29(24,25)11-18(15)28-20)14-6-7-16-17(9-14)27-12-26-16/h6-7,9,13,15,18H,1-5,8,10-12H2/t15-,18-/m0/s1. The van der Waals surface area contributed by atoms with Gasteiger partial charge in [-0.2, -0.15) is 4.99 Å². The number of carbonyl (C=O) groups is 1. The largest absolute Gasteiger partial charge is 0.454 e. The number of benzene rings is 1. The summed E-state index contributed by atoms with van der Waals surface area (Å²) in [5, 5.41) is 0.497. The molecule has 3 aliphatic heterocycles. The Balaban J connectivity index is 1.40. The van der Waals surface area contributed by atoms with E-state index in [1.54, 1.807) is 0 Å². The van der Waals surface area contributed by atoms with Crippen LogP contribution < -0.4 is 14.4 Å². The van der Waals surface area contributed by atoms with E-state index in [9.17, 15) is 13.2 Å². The molecule has 0 aromatic heterocycles. The smallest absolute Gasteiger partial charge is 0.248 e. The number of rotatable bonds is 4. The third-order valence-electron chi connectivity index (χ3n) is 6.16. The predicted octanol–water partition coefficient (Wildman–Crippen LogP) is 2.99. The summed E-state index contributed by atoms with van der Waals surface area (Å²) in [4.78, 5) is 18.9. The number of ether oxygens (including phenoxy) is 2. The highest BCUT2D eigenvalue weighted by Gasteiger charge is 2.49. The predicted molar refractivity (Wildman–Crippen MR) is 112 cm³/mol. The molecule has 0 bridgehead atoms. The lowest BCUT2D eigenvalue weighted by molar-refractivity contribution is -0.118. The normalized spacial score (nSPS) is 29.0. The second kappa shape index (κ2) is 7.50. The second-order valence-electron chi connectivity index (χ2n) is 8.19. The van der Waals surface area contributed by atoms with Gasteiger partial charge in [-0.05, 0) is 24.5 Å². The molecule has 156 valence electrons. The molecule has 7 nitrogen and oxygen atoms in total. The number of sulfone groups is 1. The molecular weight excluding hydrogens is 412 g/mol. The number of thioether (sulfide) groups is 1. The molecule has 4 aliphatic rings. The van der Waals surface area contributed by atoms with Gasteiger partial charge in [-0.1, -0.05) is 37.4 Å². The van der Waals surface area contributed by atoms with E-state index in [1.165, 1.54) is 37.4 Å². The van der Waals surface area contributed by atoms with Crippen molar-refractivity contribution in [3.8, 4) is 11.5 Å². The molecule has 0 radical (unpaired) electrons. The van der Waals surface area contributed by atoms with E-state index in [-0.39, 0.29) is 35.5 Å². The lowest BCUT2D eigenvalue weighted by atomic mass is 10.0. The molecule has 1 aromatic carbocycles. The van der Waals surface area contributed by atoms with E-state index in [2.05, 4.69) is 4.99 Å². The molecular formula is C20H24N2O5S2. The van der Waals surface area contributed by atoms with Gasteiger partial charge in [0.25, 0.3) is 0 Å². The minimum atomic E-state index is -3.09. The third kappa shape index (κ3) is 3.86. The number of carbonyl (C=O) groups excluding carboxylic acids is 1. The van der Waals surface area contributed by atoms with Gasteiger partial charge >= 0.3 is 0 Å². The highest BCUT2D eigenvalue weighted by Crippen LogP contribution is 2.44. The van der Waals surface area contributed by atoms with Crippen LogP contribution in [0.5, 0.6) is 11.5 Å². The first-order valence-corrected chi connectivity index (χ1v) is 12.9. The van der Waals surface area contributed by atoms with Crippen molar-refractivity contribution in [1.82, 2.24) is 0 Å². The van der Waals surface area contributed by atoms with Crippen molar-refractivity contribution in [2.45, 2.75) is 49.8 Å². The first kappa shape index (κ1) is 19.2. The van der Waals surface area contributed by atoms with Gasteiger partial charge in [0, 0.05) is 23.4 Å². The van der Waals surface area contributed by atoms with Crippen LogP contribution in [0.2, 0.25) is 0 Å². The maximum absolute atomic E-state index is 12.6. The Labute approximate surface area is 174 Å². The number of hydrogen-bond donors (Lipinski definition) is 0. The first-order valence-electron chi connectivity index (χ1n) is 10.2. The first-order chi connectivity index (χ1) is 14.0. The summed E-state index contributed by atoms with van der Waals surface area (Å²) in [6.45, 7) is 0.175. The third-order valence-corrected chi connectivity index (χ3v) is 9.37. The Morgan fingerprint density at radius 1 is 1.17 bits per heavy atom. The molecule has 1 aliphatic carbocycles. The maximum atomic E-state index is 12.6. The molecule has 2 atom stereocenters. The lowest BCUT2D eigenvalue weighted by Gasteiger charge is -2.24. The van der Waals surface area contributed by atoms with Crippen LogP contribution in [-0.2, 0) is 14.6 Å². The summed E-state index contributed by atoms with van der Waals surface area (Å²) in [6, 6.07) is 5.32. The van der Waals surface area contributed by atoms with E-state index in [0.29, 0.717) is 29.0 Å². The quantitative estimate of drug-likeness (QED) is 0.717. The van der Waals surface area contributed by atoms with Gasteiger partial charge in [0.1, 0.15) is 0 Å². The van der Waals surface area contributed by atoms with Crippen molar-refractivity contribution in [2.75, 3.05) is 23.2 Å². The average Bonchev–Trinajstić information content (AvgIpc) is 3.43. The minimum absolute atomic E-state index is 0.0778. The Hall–Kier alpha value is -1.74. The summed E-state index contributed by atoms with van der Waals surface area (Å²) < 4.78 is 35.3. The van der Waals surface area contributed by atoms with E-state index in [0.717, 1.165) is 12.1 Å². The highest BCUT2D eigenvalue weighted by molar-refractivity contribution is 8.16. The number of fused-ring (bicyclic) bond motifs is 2. The van der Waals surface area contributed by atoms with Gasteiger partial charge in [0.15, 0.2) is 26.5 Å². The molecule has 0 unspecified atom stereocenters. The molecule has 3 fully saturated rings. The summed E-state index contributed by atoms with van der Waals surface area (Å²) in [6.07, 6.45) is 6.30. The van der Waals surface area contributed by atoms with Crippen LogP contribution in [0.4, 0.5) is 5.69 Å². The van der Waals surface area contributed by atoms with Gasteiger partial charge in [0.05, 0.1) is 17.5 Å². The number of aliphatic imine (C=N–C) groups is 1. The van der Waals surface area contributed by atoms with E-state index < -0.39 is 9.84 Å². The van der Waals surface area contributed by atoms with E-state index >= 15 is 0 Å². The zero-order valence-electron chi connectivity index (χ0n) is 16.1. The molecule has 9 heteroatoms. The monoisotopic (exact) mass is 436 g/mol. The Kier molecular flexibility index (Phi) is 4.98. The molecule has 3 heterocycles. The number of amidine groups is 1. The van der Waals surface area contributed by atoms with Crippen molar-refractivity contribution in [1.29, 1.82) is 0 Å². The fraction of sp³-hybridized carbons (Fsp3) is 0.600. The lowest BCUT2D eigenvalue weighted by Crippen LogP contribution is -2.37. The van der Waals surface area contributed by atoms with Crippen LogP contribution in [0.3, 0.4) is 0 Å². The van der Waals surface area contributed by atoms with Gasteiger partial charge in [-0.25, -0.2) is 8.42 Å². The Bertz CT molecular complexity index is 956. The van der Waals surface area contributed by atoms with Crippen LogP contribution >= 0.6 is 11.8 Å². The van der Waals surface area contributed by atoms with Gasteiger partial charge in [0.2, 0.25) is 12.7 Å². The average molecular weight is 437 g/mol. The fourth-order valence-electron chi connectivity index (χ4n) is 4.69. The highest BCUT2D eigenvalue weighted by atomic mass is 32.2. The van der Waals surface area contributed by atoms with Crippen molar-refractivity contribution in [3.05, 3.63) is 18.2 Å². The summed E-state index contributed by atoms with van der Waals surface area (Å²) in [5.41, 5.74) is 0.786. The van der Waals surface area contributed by atoms with Crippen LogP contribution in [0.1, 0.15) is 38.5 Å². The van der Waals surface area contributed by atoms with Gasteiger partial charge in [-0.15, -0.1) is 0 Å². The van der Waals surface area contributed by atoms with Gasteiger partial charge < -0.3 is 14.4 Å². The number of nitrogens with zero attached hydrogens (tertiary/aromatic N) is 2. The minimum Gasteiger partial charge on any atom is -0.454 e. The van der Waals surface area contributed by atoms with Crippen LogP contribution in [0.15, 0.2) is 23.2 Å². The number of hydrogen-bond acceptors (Lipinski definition) is 6. The molecule has 1 saturated carbocycles. The van der Waals surface area contributed by atoms with Crippen LogP contribution in [-0.4, -0.2) is 49.1 Å². The summed E-state index contributed by atoms with van der Waals surface area (Å²) >= 11 is 1.41. The van der Waals surface area contributed by atoms with Gasteiger partial charge in [-0.3, -0.25) is 4.79 Å². The second-order valence-corrected chi connectivity index (χ2v) is 11.5. The zero-order valence-corrected chi connectivity index (χ0v) is 17.7.